The molecule has 0 saturated heterocycles. The van der Waals surface area contributed by atoms with Gasteiger partial charge in [-0.25, -0.2) is 0 Å². The molecule has 1 aliphatic carbocycles. The van der Waals surface area contributed by atoms with Crippen LogP contribution >= 0.6 is 0 Å². The van der Waals surface area contributed by atoms with E-state index in [0.717, 1.165) is 24.8 Å². The van der Waals surface area contributed by atoms with E-state index in [1.807, 2.05) is 30.3 Å². The molecule has 2 atom stereocenters. The highest BCUT2D eigenvalue weighted by Gasteiger charge is 2.24. The normalized spacial score (nSPS) is 25.4. The Balaban J connectivity index is 1.93. The van der Waals surface area contributed by atoms with Crippen molar-refractivity contribution in [2.75, 3.05) is 0 Å². The van der Waals surface area contributed by atoms with Crippen molar-refractivity contribution in [3.63, 3.8) is 0 Å². The summed E-state index contributed by atoms with van der Waals surface area (Å²) in [5.41, 5.74) is 0.791. The molecule has 80 valence electrons. The predicted octanol–water partition coefficient (Wildman–Crippen LogP) is 2.42. The molecule has 1 N–H and O–H groups in total. The Labute approximate surface area is 89.9 Å². The summed E-state index contributed by atoms with van der Waals surface area (Å²) in [6.07, 6.45) is 3.03. The van der Waals surface area contributed by atoms with Gasteiger partial charge in [0.05, 0.1) is 6.10 Å². The molecule has 0 aliphatic heterocycles. The summed E-state index contributed by atoms with van der Waals surface area (Å²) in [7, 11) is 0. The highest BCUT2D eigenvalue weighted by molar-refractivity contribution is 5.96. The lowest BCUT2D eigenvalue weighted by atomic mass is 9.97. The van der Waals surface area contributed by atoms with E-state index in [0.29, 0.717) is 12.3 Å². The van der Waals surface area contributed by atoms with E-state index >= 15 is 0 Å². The van der Waals surface area contributed by atoms with Gasteiger partial charge in [-0.3, -0.25) is 4.79 Å². The molecule has 15 heavy (non-hydrogen) atoms. The maximum absolute atomic E-state index is 11.8. The average Bonchev–Trinajstić information content (AvgIpc) is 2.65. The maximum Gasteiger partial charge on any atom is 0.163 e. The van der Waals surface area contributed by atoms with Crippen LogP contribution in [0.1, 0.15) is 36.0 Å². The lowest BCUT2D eigenvalue weighted by Gasteiger charge is -2.07. The first-order chi connectivity index (χ1) is 7.25. The SMILES string of the molecule is O=C(CC1CCC(O)C1)c1ccccc1. The molecule has 0 amide bonds. The van der Waals surface area contributed by atoms with Crippen molar-refractivity contribution in [3.05, 3.63) is 35.9 Å². The quantitative estimate of drug-likeness (QED) is 0.768. The van der Waals surface area contributed by atoms with Gasteiger partial charge >= 0.3 is 0 Å². The van der Waals surface area contributed by atoms with Crippen LogP contribution in [0.5, 0.6) is 0 Å². The van der Waals surface area contributed by atoms with Gasteiger partial charge in [0.15, 0.2) is 5.78 Å². The number of carbonyl (C=O) groups is 1. The van der Waals surface area contributed by atoms with Crippen LogP contribution in [0.3, 0.4) is 0 Å². The highest BCUT2D eigenvalue weighted by Crippen LogP contribution is 2.29. The van der Waals surface area contributed by atoms with Crippen LogP contribution < -0.4 is 0 Å². The molecule has 0 heterocycles. The van der Waals surface area contributed by atoms with Gasteiger partial charge in [0, 0.05) is 12.0 Å². The zero-order chi connectivity index (χ0) is 10.7. The van der Waals surface area contributed by atoms with Crippen molar-refractivity contribution in [3.8, 4) is 0 Å². The fourth-order valence-electron chi connectivity index (χ4n) is 2.24. The first-order valence-electron chi connectivity index (χ1n) is 5.52. The minimum Gasteiger partial charge on any atom is -0.393 e. The number of rotatable bonds is 3. The van der Waals surface area contributed by atoms with Gasteiger partial charge in [-0.1, -0.05) is 30.3 Å². The lowest BCUT2D eigenvalue weighted by molar-refractivity contribution is 0.0957. The minimum atomic E-state index is -0.182. The number of ketones is 1. The van der Waals surface area contributed by atoms with Crippen LogP contribution in [0.2, 0.25) is 0 Å². The second kappa shape index (κ2) is 4.58. The fourth-order valence-corrected chi connectivity index (χ4v) is 2.24. The van der Waals surface area contributed by atoms with E-state index in [1.54, 1.807) is 0 Å². The molecule has 0 spiro atoms. The van der Waals surface area contributed by atoms with Crippen LogP contribution in [0.25, 0.3) is 0 Å². The molecule has 0 radical (unpaired) electrons. The third kappa shape index (κ3) is 2.66. The van der Waals surface area contributed by atoms with Gasteiger partial charge in [-0.05, 0) is 25.2 Å². The van der Waals surface area contributed by atoms with Crippen LogP contribution in [0, 0.1) is 5.92 Å². The van der Waals surface area contributed by atoms with Gasteiger partial charge in [0.25, 0.3) is 0 Å². The topological polar surface area (TPSA) is 37.3 Å². The van der Waals surface area contributed by atoms with Crippen molar-refractivity contribution in [1.82, 2.24) is 0 Å². The molecule has 2 unspecified atom stereocenters. The smallest absolute Gasteiger partial charge is 0.163 e. The van der Waals surface area contributed by atoms with E-state index in [2.05, 4.69) is 0 Å². The summed E-state index contributed by atoms with van der Waals surface area (Å²) in [4.78, 5) is 11.8. The van der Waals surface area contributed by atoms with Gasteiger partial charge < -0.3 is 5.11 Å². The third-order valence-corrected chi connectivity index (χ3v) is 3.08. The summed E-state index contributed by atoms with van der Waals surface area (Å²) in [6, 6.07) is 9.39. The highest BCUT2D eigenvalue weighted by atomic mass is 16.3. The van der Waals surface area contributed by atoms with E-state index in [9.17, 15) is 9.90 Å². The molecular formula is C13H16O2. The summed E-state index contributed by atoms with van der Waals surface area (Å²) in [5.74, 6) is 0.586. The molecule has 1 aromatic rings. The summed E-state index contributed by atoms with van der Waals surface area (Å²) in [6.45, 7) is 0. The van der Waals surface area contributed by atoms with Crippen molar-refractivity contribution in [2.24, 2.45) is 5.92 Å². The molecule has 1 aromatic carbocycles. The minimum absolute atomic E-state index is 0.182. The molecule has 1 aliphatic rings. The lowest BCUT2D eigenvalue weighted by Crippen LogP contribution is -2.07. The number of Topliss-reactive ketones (excluding diaryl/α,β-unsaturated/α-hetero) is 1. The molecule has 2 heteroatoms. The third-order valence-electron chi connectivity index (χ3n) is 3.08. The van der Waals surface area contributed by atoms with E-state index in [-0.39, 0.29) is 11.9 Å². The largest absolute Gasteiger partial charge is 0.393 e. The number of aliphatic hydroxyl groups excluding tert-OH is 1. The van der Waals surface area contributed by atoms with Crippen molar-refractivity contribution < 1.29 is 9.90 Å². The standard InChI is InChI=1S/C13H16O2/c14-12-7-6-10(8-12)9-13(15)11-4-2-1-3-5-11/h1-5,10,12,14H,6-9H2. The van der Waals surface area contributed by atoms with Gasteiger partial charge in [-0.2, -0.15) is 0 Å². The number of aliphatic hydroxyl groups is 1. The van der Waals surface area contributed by atoms with Gasteiger partial charge in [0.1, 0.15) is 0 Å². The Kier molecular flexibility index (Phi) is 3.17. The Morgan fingerprint density at radius 1 is 1.27 bits per heavy atom. The molecule has 2 rings (SSSR count). The molecular weight excluding hydrogens is 188 g/mol. The second-order valence-corrected chi connectivity index (χ2v) is 4.33. The predicted molar refractivity (Wildman–Crippen MR) is 58.7 cm³/mol. The molecule has 1 fully saturated rings. The fraction of sp³-hybridized carbons (Fsp3) is 0.462. The van der Waals surface area contributed by atoms with Crippen molar-refractivity contribution >= 4 is 5.78 Å². The van der Waals surface area contributed by atoms with E-state index in [1.165, 1.54) is 0 Å². The van der Waals surface area contributed by atoms with Crippen molar-refractivity contribution in [2.45, 2.75) is 31.8 Å². The second-order valence-electron chi connectivity index (χ2n) is 4.33. The Morgan fingerprint density at radius 3 is 2.60 bits per heavy atom. The zero-order valence-corrected chi connectivity index (χ0v) is 8.73. The molecule has 0 bridgehead atoms. The Bertz CT molecular complexity index is 332. The van der Waals surface area contributed by atoms with Crippen molar-refractivity contribution in [1.29, 1.82) is 0 Å². The first kappa shape index (κ1) is 10.4. The Hall–Kier alpha value is -1.15. The van der Waals surface area contributed by atoms with Gasteiger partial charge in [-0.15, -0.1) is 0 Å². The average molecular weight is 204 g/mol. The van der Waals surface area contributed by atoms with Crippen LogP contribution in [0.15, 0.2) is 30.3 Å². The Morgan fingerprint density at radius 2 is 2.00 bits per heavy atom. The van der Waals surface area contributed by atoms with E-state index in [4.69, 9.17) is 0 Å². The molecule has 1 saturated carbocycles. The summed E-state index contributed by atoms with van der Waals surface area (Å²) in [5, 5.41) is 9.37. The van der Waals surface area contributed by atoms with Gasteiger partial charge in [0.2, 0.25) is 0 Å². The summed E-state index contributed by atoms with van der Waals surface area (Å²) < 4.78 is 0. The number of carbonyl (C=O) groups excluding carboxylic acids is 1. The zero-order valence-electron chi connectivity index (χ0n) is 8.73. The first-order valence-corrected chi connectivity index (χ1v) is 5.52. The monoisotopic (exact) mass is 204 g/mol. The maximum atomic E-state index is 11.8. The molecule has 2 nitrogen and oxygen atoms in total. The number of benzene rings is 1. The number of hydrogen-bond acceptors (Lipinski definition) is 2. The van der Waals surface area contributed by atoms with Crippen LogP contribution in [0.4, 0.5) is 0 Å². The van der Waals surface area contributed by atoms with Crippen LogP contribution in [-0.4, -0.2) is 17.0 Å². The molecule has 0 aromatic heterocycles. The summed E-state index contributed by atoms with van der Waals surface area (Å²) >= 11 is 0. The van der Waals surface area contributed by atoms with E-state index < -0.39 is 0 Å². The van der Waals surface area contributed by atoms with Crippen LogP contribution in [-0.2, 0) is 0 Å². The number of hydrogen-bond donors (Lipinski definition) is 1.